The summed E-state index contributed by atoms with van der Waals surface area (Å²) in [6.45, 7) is 1.85. The Kier molecular flexibility index (Phi) is 4.51. The van der Waals surface area contributed by atoms with Gasteiger partial charge in [-0.2, -0.15) is 4.98 Å². The van der Waals surface area contributed by atoms with Crippen molar-refractivity contribution in [3.05, 3.63) is 59.9 Å². The van der Waals surface area contributed by atoms with Gasteiger partial charge < -0.3 is 25.5 Å². The van der Waals surface area contributed by atoms with E-state index in [0.717, 1.165) is 27.9 Å². The number of anilines is 2. The lowest BCUT2D eigenvalue weighted by molar-refractivity contribution is -0.141. The standard InChI is InChI=1S/C24H22N4O4/c1-12-3-5-15(9-16(12)23(30)31)32-24-26-19-10-17(18(25)11-20(19)27-24)13-4-6-21-14(7-13)8-22(29)28(21)2/h3-7,9-12,16H,8,25H2,1-2H3,(H,26,27)(H,30,31). The maximum absolute atomic E-state index is 12.0. The molecule has 8 heteroatoms. The smallest absolute Gasteiger partial charge is 0.311 e. The van der Waals surface area contributed by atoms with E-state index in [1.54, 1.807) is 30.2 Å². The van der Waals surface area contributed by atoms with Crippen LogP contribution in [-0.2, 0) is 16.0 Å². The number of hydrogen-bond acceptors (Lipinski definition) is 5. The second kappa shape index (κ2) is 7.26. The van der Waals surface area contributed by atoms with Gasteiger partial charge in [0, 0.05) is 24.0 Å². The van der Waals surface area contributed by atoms with Gasteiger partial charge in [-0.3, -0.25) is 9.59 Å². The Balaban J connectivity index is 1.46. The minimum absolute atomic E-state index is 0.0709. The molecule has 0 saturated heterocycles. The minimum Gasteiger partial charge on any atom is -0.481 e. The predicted molar refractivity (Wildman–Crippen MR) is 121 cm³/mol. The van der Waals surface area contributed by atoms with Crippen LogP contribution in [0.4, 0.5) is 11.4 Å². The normalized spacial score (nSPS) is 19.9. The molecule has 32 heavy (non-hydrogen) atoms. The Morgan fingerprint density at radius 2 is 2.12 bits per heavy atom. The summed E-state index contributed by atoms with van der Waals surface area (Å²) in [5, 5.41) is 9.37. The fourth-order valence-corrected chi connectivity index (χ4v) is 4.21. The average molecular weight is 430 g/mol. The zero-order chi connectivity index (χ0) is 22.6. The lowest BCUT2D eigenvalue weighted by Gasteiger charge is -2.18. The molecule has 1 amide bonds. The van der Waals surface area contributed by atoms with Crippen LogP contribution in [0.2, 0.25) is 0 Å². The number of carboxylic acid groups (broad SMARTS) is 1. The van der Waals surface area contributed by atoms with Crippen molar-refractivity contribution in [3.8, 4) is 17.1 Å². The van der Waals surface area contributed by atoms with Crippen LogP contribution in [0.1, 0.15) is 12.5 Å². The molecule has 0 radical (unpaired) electrons. The van der Waals surface area contributed by atoms with E-state index in [2.05, 4.69) is 9.97 Å². The Labute approximate surface area is 184 Å². The van der Waals surface area contributed by atoms with Gasteiger partial charge in [0.15, 0.2) is 0 Å². The summed E-state index contributed by atoms with van der Waals surface area (Å²) in [6.07, 6.45) is 5.52. The molecule has 1 aromatic heterocycles. The SMILES string of the molecule is CC1C=CC(Oc2nc3cc(N)c(-c4ccc5c(c4)CC(=O)N5C)cc3[nH]2)=CC1C(=O)O. The summed E-state index contributed by atoms with van der Waals surface area (Å²) in [5.74, 6) is -1.16. The molecular weight excluding hydrogens is 408 g/mol. The summed E-state index contributed by atoms with van der Waals surface area (Å²) in [5.41, 5.74) is 11.9. The number of aromatic amines is 1. The molecule has 0 bridgehead atoms. The van der Waals surface area contributed by atoms with Crippen molar-refractivity contribution in [2.75, 3.05) is 17.7 Å². The summed E-state index contributed by atoms with van der Waals surface area (Å²) < 4.78 is 5.80. The molecule has 2 aliphatic rings. The molecule has 0 fully saturated rings. The van der Waals surface area contributed by atoms with Crippen molar-refractivity contribution in [2.24, 2.45) is 11.8 Å². The lowest BCUT2D eigenvalue weighted by atomic mass is 9.89. The monoisotopic (exact) mass is 430 g/mol. The van der Waals surface area contributed by atoms with E-state index in [1.807, 2.05) is 37.3 Å². The Morgan fingerprint density at radius 1 is 1.31 bits per heavy atom. The highest BCUT2D eigenvalue weighted by atomic mass is 16.5. The molecule has 1 aliphatic carbocycles. The summed E-state index contributed by atoms with van der Waals surface area (Å²) in [4.78, 5) is 32.6. The fourth-order valence-electron chi connectivity index (χ4n) is 4.21. The number of hydrogen-bond donors (Lipinski definition) is 3. The molecule has 8 nitrogen and oxygen atoms in total. The number of ether oxygens (including phenoxy) is 1. The molecule has 1 aliphatic heterocycles. The fraction of sp³-hybridized carbons (Fsp3) is 0.208. The first-order valence-electron chi connectivity index (χ1n) is 10.3. The highest BCUT2D eigenvalue weighted by molar-refractivity contribution is 6.02. The molecule has 0 saturated carbocycles. The van der Waals surface area contributed by atoms with Gasteiger partial charge in [0.25, 0.3) is 6.01 Å². The number of nitrogens with two attached hydrogens (primary N) is 1. The van der Waals surface area contributed by atoms with Crippen LogP contribution >= 0.6 is 0 Å². The molecule has 162 valence electrons. The average Bonchev–Trinajstić information content (AvgIpc) is 3.27. The maximum atomic E-state index is 12.0. The highest BCUT2D eigenvalue weighted by Crippen LogP contribution is 2.36. The maximum Gasteiger partial charge on any atom is 0.311 e. The second-order valence-electron chi connectivity index (χ2n) is 8.22. The van der Waals surface area contributed by atoms with Crippen LogP contribution in [0.3, 0.4) is 0 Å². The number of fused-ring (bicyclic) bond motifs is 2. The van der Waals surface area contributed by atoms with Gasteiger partial charge in [-0.15, -0.1) is 0 Å². The number of nitrogens with zero attached hydrogens (tertiary/aromatic N) is 2. The first-order valence-corrected chi connectivity index (χ1v) is 10.3. The molecule has 0 spiro atoms. The summed E-state index contributed by atoms with van der Waals surface area (Å²) in [6, 6.07) is 9.80. The van der Waals surface area contributed by atoms with Crippen LogP contribution in [0, 0.1) is 11.8 Å². The number of aliphatic carboxylic acids is 1. The van der Waals surface area contributed by atoms with Crippen molar-refractivity contribution in [1.29, 1.82) is 0 Å². The van der Waals surface area contributed by atoms with Gasteiger partial charge in [0.05, 0.1) is 23.4 Å². The number of amides is 1. The third-order valence-electron chi connectivity index (χ3n) is 6.07. The van der Waals surface area contributed by atoms with E-state index in [1.165, 1.54) is 0 Å². The van der Waals surface area contributed by atoms with Gasteiger partial charge in [0.1, 0.15) is 5.76 Å². The second-order valence-corrected chi connectivity index (χ2v) is 8.22. The molecule has 2 aromatic carbocycles. The number of allylic oxidation sites excluding steroid dienone is 2. The predicted octanol–water partition coefficient (Wildman–Crippen LogP) is 3.50. The molecular formula is C24H22N4O4. The lowest BCUT2D eigenvalue weighted by Crippen LogP contribution is -2.21. The molecule has 3 aromatic rings. The van der Waals surface area contributed by atoms with E-state index in [-0.39, 0.29) is 17.8 Å². The summed E-state index contributed by atoms with van der Waals surface area (Å²) >= 11 is 0. The highest BCUT2D eigenvalue weighted by Gasteiger charge is 2.26. The van der Waals surface area contributed by atoms with E-state index in [9.17, 15) is 14.7 Å². The number of nitrogen functional groups attached to an aromatic ring is 1. The number of carboxylic acids is 1. The first-order chi connectivity index (χ1) is 15.3. The number of carbonyl (C=O) groups excluding carboxylic acids is 1. The molecule has 2 unspecified atom stereocenters. The van der Waals surface area contributed by atoms with Gasteiger partial charge in [0.2, 0.25) is 5.91 Å². The van der Waals surface area contributed by atoms with Crippen LogP contribution in [-0.4, -0.2) is 34.0 Å². The number of aromatic nitrogens is 2. The largest absolute Gasteiger partial charge is 0.481 e. The third kappa shape index (κ3) is 3.30. The van der Waals surface area contributed by atoms with Gasteiger partial charge >= 0.3 is 5.97 Å². The van der Waals surface area contributed by atoms with Crippen LogP contribution in [0.15, 0.2) is 54.3 Å². The minimum atomic E-state index is -0.896. The van der Waals surface area contributed by atoms with Gasteiger partial charge in [-0.05, 0) is 53.5 Å². The molecule has 2 atom stereocenters. The van der Waals surface area contributed by atoms with Gasteiger partial charge in [-0.1, -0.05) is 19.1 Å². The van der Waals surface area contributed by atoms with E-state index >= 15 is 0 Å². The molecule has 4 N–H and O–H groups in total. The molecule has 2 heterocycles. The summed E-state index contributed by atoms with van der Waals surface area (Å²) in [7, 11) is 1.77. The van der Waals surface area contributed by atoms with Crippen molar-refractivity contribution >= 4 is 34.3 Å². The first kappa shape index (κ1) is 19.9. The van der Waals surface area contributed by atoms with Crippen molar-refractivity contribution in [3.63, 3.8) is 0 Å². The number of carbonyl (C=O) groups is 2. The number of benzene rings is 2. The van der Waals surface area contributed by atoms with Crippen molar-refractivity contribution in [2.45, 2.75) is 13.3 Å². The number of rotatable bonds is 4. The molecule has 5 rings (SSSR count). The number of nitrogens with one attached hydrogen (secondary N) is 1. The third-order valence-corrected chi connectivity index (χ3v) is 6.07. The topological polar surface area (TPSA) is 122 Å². The van der Waals surface area contributed by atoms with Crippen LogP contribution in [0.25, 0.3) is 22.2 Å². The van der Waals surface area contributed by atoms with E-state index < -0.39 is 11.9 Å². The zero-order valence-electron chi connectivity index (χ0n) is 17.6. The van der Waals surface area contributed by atoms with Gasteiger partial charge in [-0.25, -0.2) is 0 Å². The zero-order valence-corrected chi connectivity index (χ0v) is 17.6. The van der Waals surface area contributed by atoms with Crippen LogP contribution < -0.4 is 15.4 Å². The Bertz CT molecular complexity index is 1340. The number of imidazole rings is 1. The quantitative estimate of drug-likeness (QED) is 0.545. The Hall–Kier alpha value is -4.07. The van der Waals surface area contributed by atoms with Crippen molar-refractivity contribution < 1.29 is 19.4 Å². The number of likely N-dealkylation sites (N-methyl/N-ethyl adjacent to an activating group) is 1. The number of H-pyrrole nitrogens is 1. The van der Waals surface area contributed by atoms with Crippen LogP contribution in [0.5, 0.6) is 6.01 Å². The van der Waals surface area contributed by atoms with E-state index in [4.69, 9.17) is 10.5 Å². The van der Waals surface area contributed by atoms with E-state index in [0.29, 0.717) is 23.4 Å². The Morgan fingerprint density at radius 3 is 2.91 bits per heavy atom. The van der Waals surface area contributed by atoms with Crippen molar-refractivity contribution in [1.82, 2.24) is 9.97 Å².